The number of rotatable bonds is 7. The minimum atomic E-state index is -0.137. The maximum absolute atomic E-state index is 12.3. The molecule has 2 amide bonds. The molecule has 0 aliphatic heterocycles. The van der Waals surface area contributed by atoms with Gasteiger partial charge in [-0.05, 0) is 31.2 Å². The smallest absolute Gasteiger partial charge is 0.259 e. The lowest BCUT2D eigenvalue weighted by molar-refractivity contribution is -0.130. The van der Waals surface area contributed by atoms with Crippen LogP contribution >= 0.6 is 11.3 Å². The summed E-state index contributed by atoms with van der Waals surface area (Å²) in [5.41, 5.74) is 3.65. The molecule has 0 spiro atoms. The molecule has 0 fully saturated rings. The first-order valence-electron chi connectivity index (χ1n) is 9.15. The van der Waals surface area contributed by atoms with E-state index in [0.29, 0.717) is 11.4 Å². The van der Waals surface area contributed by atoms with Crippen LogP contribution in [-0.2, 0) is 16.0 Å². The Kier molecular flexibility index (Phi) is 6.61. The number of nitrogens with one attached hydrogen (secondary N) is 1. The molecule has 0 saturated heterocycles. The van der Waals surface area contributed by atoms with Crippen molar-refractivity contribution >= 4 is 28.8 Å². The number of aromatic nitrogens is 1. The van der Waals surface area contributed by atoms with Crippen LogP contribution < -0.4 is 10.1 Å². The quantitative estimate of drug-likeness (QED) is 0.645. The number of nitrogens with zero attached hydrogens (tertiary/aromatic N) is 2. The second-order valence-electron chi connectivity index (χ2n) is 6.84. The highest BCUT2D eigenvalue weighted by atomic mass is 32.1. The monoisotopic (exact) mass is 409 g/mol. The molecule has 1 N–H and O–H groups in total. The first-order chi connectivity index (χ1) is 13.9. The Bertz CT molecular complexity index is 979. The molecule has 0 aliphatic carbocycles. The van der Waals surface area contributed by atoms with Gasteiger partial charge in [0.15, 0.2) is 6.61 Å². The van der Waals surface area contributed by atoms with E-state index < -0.39 is 0 Å². The van der Waals surface area contributed by atoms with E-state index in [1.807, 2.05) is 36.6 Å². The molecule has 0 atom stereocenters. The number of amides is 2. The predicted molar refractivity (Wildman–Crippen MR) is 115 cm³/mol. The Balaban J connectivity index is 1.53. The summed E-state index contributed by atoms with van der Waals surface area (Å²) < 4.78 is 5.42. The van der Waals surface area contributed by atoms with E-state index in [2.05, 4.69) is 10.3 Å². The molecule has 7 heteroatoms. The second-order valence-corrected chi connectivity index (χ2v) is 7.69. The molecule has 150 valence electrons. The summed E-state index contributed by atoms with van der Waals surface area (Å²) in [6, 6.07) is 15.1. The van der Waals surface area contributed by atoms with E-state index in [0.717, 1.165) is 16.3 Å². The van der Waals surface area contributed by atoms with Crippen LogP contribution in [0.4, 0.5) is 5.69 Å². The summed E-state index contributed by atoms with van der Waals surface area (Å²) in [6.07, 6.45) is 0.206. The number of hydrogen-bond donors (Lipinski definition) is 1. The average Bonchev–Trinajstić information content (AvgIpc) is 3.16. The lowest BCUT2D eigenvalue weighted by Gasteiger charge is -2.11. The number of carbonyl (C=O) groups excluding carboxylic acids is 2. The van der Waals surface area contributed by atoms with Crippen molar-refractivity contribution in [2.45, 2.75) is 13.3 Å². The van der Waals surface area contributed by atoms with Crippen molar-refractivity contribution in [3.05, 3.63) is 65.2 Å². The maximum Gasteiger partial charge on any atom is 0.259 e. The maximum atomic E-state index is 12.3. The van der Waals surface area contributed by atoms with E-state index in [1.165, 1.54) is 21.8 Å². The SMILES string of the molecule is Cc1ccc(-c2nc(CC(=O)Nc3ccc(OCC(=O)N(C)C)cc3)cs2)cc1. The number of hydrogen-bond acceptors (Lipinski definition) is 5. The Labute approximate surface area is 174 Å². The van der Waals surface area contributed by atoms with Gasteiger partial charge in [-0.25, -0.2) is 4.98 Å². The lowest BCUT2D eigenvalue weighted by Crippen LogP contribution is -2.27. The summed E-state index contributed by atoms with van der Waals surface area (Å²) in [7, 11) is 3.35. The molecular formula is C22H23N3O3S. The van der Waals surface area contributed by atoms with Gasteiger partial charge in [0.05, 0.1) is 12.1 Å². The van der Waals surface area contributed by atoms with E-state index in [1.54, 1.807) is 38.4 Å². The molecule has 1 aromatic heterocycles. The third kappa shape index (κ3) is 5.89. The molecule has 2 aromatic carbocycles. The van der Waals surface area contributed by atoms with E-state index >= 15 is 0 Å². The molecule has 1 heterocycles. The minimum Gasteiger partial charge on any atom is -0.484 e. The summed E-state index contributed by atoms with van der Waals surface area (Å²) >= 11 is 1.53. The fourth-order valence-electron chi connectivity index (χ4n) is 2.50. The zero-order chi connectivity index (χ0) is 20.8. The van der Waals surface area contributed by atoms with Gasteiger partial charge in [0.25, 0.3) is 5.91 Å². The third-order valence-electron chi connectivity index (χ3n) is 4.19. The summed E-state index contributed by atoms with van der Waals surface area (Å²) in [5, 5.41) is 5.67. The van der Waals surface area contributed by atoms with Crippen molar-refractivity contribution in [3.8, 4) is 16.3 Å². The molecule has 29 heavy (non-hydrogen) atoms. The van der Waals surface area contributed by atoms with Crippen LogP contribution in [0.1, 0.15) is 11.3 Å². The molecular weight excluding hydrogens is 386 g/mol. The summed E-state index contributed by atoms with van der Waals surface area (Å²) in [4.78, 5) is 29.9. The number of anilines is 1. The van der Waals surface area contributed by atoms with Crippen molar-refractivity contribution in [2.75, 3.05) is 26.0 Å². The van der Waals surface area contributed by atoms with Gasteiger partial charge in [-0.3, -0.25) is 9.59 Å². The summed E-state index contributed by atoms with van der Waals surface area (Å²) in [6.45, 7) is 2.02. The molecule has 3 aromatic rings. The van der Waals surface area contributed by atoms with Crippen molar-refractivity contribution in [2.24, 2.45) is 0 Å². The van der Waals surface area contributed by atoms with Crippen LogP contribution in [0.25, 0.3) is 10.6 Å². The van der Waals surface area contributed by atoms with Crippen LogP contribution in [0.2, 0.25) is 0 Å². The highest BCUT2D eigenvalue weighted by Gasteiger charge is 2.10. The standard InChI is InChI=1S/C22H23N3O3S/c1-15-4-6-16(7-5-15)22-24-18(14-29-22)12-20(26)23-17-8-10-19(11-9-17)28-13-21(27)25(2)3/h4-11,14H,12-13H2,1-3H3,(H,23,26). The van der Waals surface area contributed by atoms with Crippen molar-refractivity contribution in [3.63, 3.8) is 0 Å². The Morgan fingerprint density at radius 1 is 1.07 bits per heavy atom. The fraction of sp³-hybridized carbons (Fsp3) is 0.227. The zero-order valence-electron chi connectivity index (χ0n) is 16.6. The Morgan fingerprint density at radius 3 is 2.41 bits per heavy atom. The molecule has 0 aliphatic rings. The number of aryl methyl sites for hydroxylation is 1. The molecule has 3 rings (SSSR count). The zero-order valence-corrected chi connectivity index (χ0v) is 17.5. The number of likely N-dealkylation sites (N-methyl/N-ethyl adjacent to an activating group) is 1. The molecule has 6 nitrogen and oxygen atoms in total. The van der Waals surface area contributed by atoms with Crippen molar-refractivity contribution in [1.29, 1.82) is 0 Å². The Hall–Kier alpha value is -3.19. The topological polar surface area (TPSA) is 71.5 Å². The van der Waals surface area contributed by atoms with Gasteiger partial charge in [0, 0.05) is 30.7 Å². The van der Waals surface area contributed by atoms with E-state index in [9.17, 15) is 9.59 Å². The largest absolute Gasteiger partial charge is 0.484 e. The van der Waals surface area contributed by atoms with E-state index in [-0.39, 0.29) is 24.8 Å². The van der Waals surface area contributed by atoms with Crippen LogP contribution in [0.5, 0.6) is 5.75 Å². The van der Waals surface area contributed by atoms with Gasteiger partial charge in [-0.2, -0.15) is 0 Å². The number of carbonyl (C=O) groups is 2. The van der Waals surface area contributed by atoms with Gasteiger partial charge >= 0.3 is 0 Å². The highest BCUT2D eigenvalue weighted by molar-refractivity contribution is 7.13. The Morgan fingerprint density at radius 2 is 1.76 bits per heavy atom. The molecule has 0 radical (unpaired) electrons. The normalized spacial score (nSPS) is 10.4. The van der Waals surface area contributed by atoms with Crippen LogP contribution in [-0.4, -0.2) is 42.4 Å². The summed E-state index contributed by atoms with van der Waals surface area (Å²) in [5.74, 6) is 0.318. The van der Waals surface area contributed by atoms with Crippen LogP contribution in [0.3, 0.4) is 0 Å². The van der Waals surface area contributed by atoms with Crippen molar-refractivity contribution in [1.82, 2.24) is 9.88 Å². The third-order valence-corrected chi connectivity index (χ3v) is 5.13. The number of benzene rings is 2. The molecule has 0 saturated carbocycles. The average molecular weight is 410 g/mol. The van der Waals surface area contributed by atoms with Crippen LogP contribution in [0.15, 0.2) is 53.9 Å². The van der Waals surface area contributed by atoms with Crippen molar-refractivity contribution < 1.29 is 14.3 Å². The first kappa shape index (κ1) is 20.5. The fourth-order valence-corrected chi connectivity index (χ4v) is 3.32. The van der Waals surface area contributed by atoms with Gasteiger partial charge in [-0.1, -0.05) is 29.8 Å². The number of ether oxygens (including phenoxy) is 1. The van der Waals surface area contributed by atoms with Crippen LogP contribution in [0, 0.1) is 6.92 Å². The van der Waals surface area contributed by atoms with E-state index in [4.69, 9.17) is 4.74 Å². The molecule has 0 bridgehead atoms. The van der Waals surface area contributed by atoms with Gasteiger partial charge < -0.3 is 15.0 Å². The first-order valence-corrected chi connectivity index (χ1v) is 10.0. The van der Waals surface area contributed by atoms with Gasteiger partial charge in [0.2, 0.25) is 5.91 Å². The second kappa shape index (κ2) is 9.34. The minimum absolute atomic E-state index is 0.0220. The van der Waals surface area contributed by atoms with Gasteiger partial charge in [0.1, 0.15) is 10.8 Å². The molecule has 0 unspecified atom stereocenters. The van der Waals surface area contributed by atoms with Gasteiger partial charge in [-0.15, -0.1) is 11.3 Å². The number of thiazole rings is 1. The predicted octanol–water partition coefficient (Wildman–Crippen LogP) is 3.77. The lowest BCUT2D eigenvalue weighted by atomic mass is 10.2. The highest BCUT2D eigenvalue weighted by Crippen LogP contribution is 2.24.